The average molecular weight is 321 g/mol. The van der Waals surface area contributed by atoms with Crippen LogP contribution in [-0.2, 0) is 0 Å². The van der Waals surface area contributed by atoms with Crippen molar-refractivity contribution in [2.24, 2.45) is 23.3 Å². The van der Waals surface area contributed by atoms with Crippen molar-refractivity contribution in [3.63, 3.8) is 0 Å². The van der Waals surface area contributed by atoms with Crippen LogP contribution in [0.25, 0.3) is 0 Å². The maximum absolute atomic E-state index is 8.63. The smallest absolute Gasteiger partial charge is 0.115 e. The molecule has 23 heavy (non-hydrogen) atoms. The molecule has 3 heteroatoms. The van der Waals surface area contributed by atoms with E-state index in [1.165, 1.54) is 51.4 Å². The molecule has 4 unspecified atom stereocenters. The SMILES string of the molecule is CC1CCCCC1N.CC1CCCCC1N.Oc1ccccc1. The molecule has 132 valence electrons. The minimum atomic E-state index is 0.322. The number of phenols is 1. The lowest BCUT2D eigenvalue weighted by Crippen LogP contribution is -2.30. The minimum Gasteiger partial charge on any atom is -0.508 e. The van der Waals surface area contributed by atoms with E-state index >= 15 is 0 Å². The lowest BCUT2D eigenvalue weighted by molar-refractivity contribution is 0.331. The van der Waals surface area contributed by atoms with Gasteiger partial charge in [0.2, 0.25) is 0 Å². The zero-order valence-electron chi connectivity index (χ0n) is 15.0. The van der Waals surface area contributed by atoms with Crippen LogP contribution in [0.15, 0.2) is 30.3 Å². The van der Waals surface area contributed by atoms with E-state index in [0.29, 0.717) is 17.8 Å². The second kappa shape index (κ2) is 11.5. The lowest BCUT2D eigenvalue weighted by atomic mass is 9.87. The first-order valence-corrected chi connectivity index (χ1v) is 9.26. The van der Waals surface area contributed by atoms with Gasteiger partial charge in [0.25, 0.3) is 0 Å². The third kappa shape index (κ3) is 8.97. The van der Waals surface area contributed by atoms with Gasteiger partial charge in [0.05, 0.1) is 0 Å². The Balaban J connectivity index is 0.000000173. The van der Waals surface area contributed by atoms with Gasteiger partial charge in [0, 0.05) is 12.1 Å². The van der Waals surface area contributed by atoms with Crippen LogP contribution < -0.4 is 11.5 Å². The molecule has 0 spiro atoms. The molecule has 2 saturated carbocycles. The molecule has 0 amide bonds. The first-order chi connectivity index (χ1) is 11.0. The Labute approximate surface area is 142 Å². The van der Waals surface area contributed by atoms with Crippen LogP contribution in [0.2, 0.25) is 0 Å². The van der Waals surface area contributed by atoms with Gasteiger partial charge in [-0.05, 0) is 49.7 Å². The van der Waals surface area contributed by atoms with E-state index in [-0.39, 0.29) is 0 Å². The second-order valence-corrected chi connectivity index (χ2v) is 7.19. The maximum atomic E-state index is 8.63. The predicted molar refractivity (Wildman–Crippen MR) is 99.3 cm³/mol. The summed E-state index contributed by atoms with van der Waals surface area (Å²) in [5.74, 6) is 1.88. The van der Waals surface area contributed by atoms with Crippen molar-refractivity contribution in [3.8, 4) is 5.75 Å². The Kier molecular flexibility index (Phi) is 9.97. The van der Waals surface area contributed by atoms with Gasteiger partial charge in [0.15, 0.2) is 0 Å². The molecular formula is C20H36N2O. The van der Waals surface area contributed by atoms with Gasteiger partial charge in [-0.3, -0.25) is 0 Å². The summed E-state index contributed by atoms with van der Waals surface area (Å²) in [6, 6.07) is 9.72. The summed E-state index contributed by atoms with van der Waals surface area (Å²) >= 11 is 0. The van der Waals surface area contributed by atoms with Crippen LogP contribution in [-0.4, -0.2) is 17.2 Å². The summed E-state index contributed by atoms with van der Waals surface area (Å²) in [7, 11) is 0. The van der Waals surface area contributed by atoms with Gasteiger partial charge in [-0.15, -0.1) is 0 Å². The van der Waals surface area contributed by atoms with Crippen LogP contribution in [0.5, 0.6) is 5.75 Å². The zero-order valence-corrected chi connectivity index (χ0v) is 15.0. The van der Waals surface area contributed by atoms with Crippen molar-refractivity contribution in [3.05, 3.63) is 30.3 Å². The Morgan fingerprint density at radius 2 is 1.13 bits per heavy atom. The molecular weight excluding hydrogens is 284 g/mol. The van der Waals surface area contributed by atoms with Crippen LogP contribution in [0.1, 0.15) is 65.2 Å². The lowest BCUT2D eigenvalue weighted by Gasteiger charge is -2.24. The monoisotopic (exact) mass is 320 g/mol. The fourth-order valence-corrected chi connectivity index (χ4v) is 3.12. The van der Waals surface area contributed by atoms with Gasteiger partial charge in [0.1, 0.15) is 5.75 Å². The summed E-state index contributed by atoms with van der Waals surface area (Å²) in [4.78, 5) is 0. The number of phenolic OH excluding ortho intramolecular Hbond substituents is 1. The normalized spacial score (nSPS) is 30.3. The van der Waals surface area contributed by atoms with E-state index in [2.05, 4.69) is 13.8 Å². The highest BCUT2D eigenvalue weighted by Gasteiger charge is 2.16. The molecule has 1 aromatic rings. The Hall–Kier alpha value is -1.06. The van der Waals surface area contributed by atoms with Crippen molar-refractivity contribution < 1.29 is 5.11 Å². The summed E-state index contributed by atoms with van der Waals surface area (Å²) in [5.41, 5.74) is 11.6. The third-order valence-electron chi connectivity index (χ3n) is 5.11. The average Bonchev–Trinajstić information content (AvgIpc) is 2.55. The molecule has 4 atom stereocenters. The van der Waals surface area contributed by atoms with Gasteiger partial charge < -0.3 is 16.6 Å². The number of benzene rings is 1. The van der Waals surface area contributed by atoms with Crippen LogP contribution in [0.4, 0.5) is 0 Å². The zero-order chi connectivity index (χ0) is 17.1. The molecule has 5 N–H and O–H groups in total. The van der Waals surface area contributed by atoms with Gasteiger partial charge in [-0.1, -0.05) is 57.7 Å². The predicted octanol–water partition coefficient (Wildman–Crippen LogP) is 4.44. The van der Waals surface area contributed by atoms with Crippen molar-refractivity contribution in [1.29, 1.82) is 0 Å². The molecule has 3 nitrogen and oxygen atoms in total. The summed E-state index contributed by atoms with van der Waals surface area (Å²) < 4.78 is 0. The van der Waals surface area contributed by atoms with E-state index in [9.17, 15) is 0 Å². The fourth-order valence-electron chi connectivity index (χ4n) is 3.12. The van der Waals surface area contributed by atoms with E-state index in [4.69, 9.17) is 16.6 Å². The number of para-hydroxylation sites is 1. The molecule has 3 rings (SSSR count). The first kappa shape index (κ1) is 20.0. The minimum absolute atomic E-state index is 0.322. The number of aromatic hydroxyl groups is 1. The number of hydrogen-bond donors (Lipinski definition) is 3. The van der Waals surface area contributed by atoms with E-state index in [0.717, 1.165) is 11.8 Å². The summed E-state index contributed by atoms with van der Waals surface area (Å²) in [5, 5.41) is 8.63. The van der Waals surface area contributed by atoms with Crippen LogP contribution in [0, 0.1) is 11.8 Å². The number of hydrogen-bond acceptors (Lipinski definition) is 3. The van der Waals surface area contributed by atoms with Crippen molar-refractivity contribution >= 4 is 0 Å². The van der Waals surface area contributed by atoms with Crippen molar-refractivity contribution in [2.75, 3.05) is 0 Å². The molecule has 2 aliphatic rings. The van der Waals surface area contributed by atoms with E-state index < -0.39 is 0 Å². The molecule has 0 aliphatic heterocycles. The topological polar surface area (TPSA) is 72.3 Å². The van der Waals surface area contributed by atoms with Crippen molar-refractivity contribution in [1.82, 2.24) is 0 Å². The quantitative estimate of drug-likeness (QED) is 0.661. The van der Waals surface area contributed by atoms with Gasteiger partial charge in [-0.25, -0.2) is 0 Å². The van der Waals surface area contributed by atoms with Crippen LogP contribution >= 0.6 is 0 Å². The molecule has 2 fully saturated rings. The van der Waals surface area contributed by atoms with Gasteiger partial charge in [-0.2, -0.15) is 0 Å². The molecule has 0 radical (unpaired) electrons. The number of nitrogens with two attached hydrogens (primary N) is 2. The second-order valence-electron chi connectivity index (χ2n) is 7.19. The molecule has 0 saturated heterocycles. The maximum Gasteiger partial charge on any atom is 0.115 e. The summed E-state index contributed by atoms with van der Waals surface area (Å²) in [6.45, 7) is 4.51. The van der Waals surface area contributed by atoms with Crippen LogP contribution in [0.3, 0.4) is 0 Å². The largest absolute Gasteiger partial charge is 0.508 e. The fraction of sp³-hybridized carbons (Fsp3) is 0.700. The highest BCUT2D eigenvalue weighted by Crippen LogP contribution is 2.22. The molecule has 0 bridgehead atoms. The third-order valence-corrected chi connectivity index (χ3v) is 5.11. The Bertz CT molecular complexity index is 356. The summed E-state index contributed by atoms with van der Waals surface area (Å²) in [6.07, 6.45) is 10.7. The molecule has 2 aliphatic carbocycles. The highest BCUT2D eigenvalue weighted by atomic mass is 16.3. The van der Waals surface area contributed by atoms with Gasteiger partial charge >= 0.3 is 0 Å². The number of rotatable bonds is 0. The molecule has 1 aromatic carbocycles. The molecule has 0 heterocycles. The highest BCUT2D eigenvalue weighted by molar-refractivity contribution is 5.18. The van der Waals surface area contributed by atoms with E-state index in [1.807, 2.05) is 6.07 Å². The standard InChI is InChI=1S/2C7H15N.C6H6O/c2*1-6-4-2-3-5-7(6)8;7-6-4-2-1-3-5-6/h2*6-7H,2-5,8H2,1H3;1-5,7H. The van der Waals surface area contributed by atoms with Crippen molar-refractivity contribution in [2.45, 2.75) is 77.3 Å². The van der Waals surface area contributed by atoms with E-state index in [1.54, 1.807) is 24.3 Å². The first-order valence-electron chi connectivity index (χ1n) is 9.26. The molecule has 0 aromatic heterocycles. The Morgan fingerprint density at radius 3 is 1.35 bits per heavy atom. The Morgan fingerprint density at radius 1 is 0.739 bits per heavy atom.